The Morgan fingerprint density at radius 3 is 1.23 bits per heavy atom. The molecule has 6 heteroatoms. The summed E-state index contributed by atoms with van der Waals surface area (Å²) in [6.45, 7) is 4.88. The van der Waals surface area contributed by atoms with E-state index in [1.54, 1.807) is 0 Å². The van der Waals surface area contributed by atoms with Crippen molar-refractivity contribution in [2.45, 2.75) is 90.9 Å². The van der Waals surface area contributed by atoms with Crippen LogP contribution in [-0.4, -0.2) is 25.2 Å². The molecule has 0 aromatic heterocycles. The highest BCUT2D eigenvalue weighted by molar-refractivity contribution is 6.53. The van der Waals surface area contributed by atoms with Crippen LogP contribution in [0.25, 0.3) is 0 Å². The molecule has 0 bridgehead atoms. The van der Waals surface area contributed by atoms with Gasteiger partial charge in [-0.25, -0.2) is 9.59 Å². The normalized spacial score (nSPS) is 11.8. The lowest BCUT2D eigenvalue weighted by Gasteiger charge is -2.07. The van der Waals surface area contributed by atoms with E-state index in [1.807, 2.05) is 0 Å². The smallest absolute Gasteiger partial charge is 0.351 e. The van der Waals surface area contributed by atoms with Crippen LogP contribution in [-0.2, 0) is 19.1 Å². The Balaban J connectivity index is 3.94. The molecular weight excluding hydrogens is 375 g/mol. The highest BCUT2D eigenvalue weighted by atomic mass is 35.5. The van der Waals surface area contributed by atoms with Crippen LogP contribution >= 0.6 is 23.2 Å². The average molecular weight is 409 g/mol. The first-order chi connectivity index (χ1) is 12.5. The van der Waals surface area contributed by atoms with Gasteiger partial charge < -0.3 is 9.47 Å². The molecule has 26 heavy (non-hydrogen) atoms. The highest BCUT2D eigenvalue weighted by Crippen LogP contribution is 2.18. The third kappa shape index (κ3) is 13.5. The Bertz CT molecular complexity index is 384. The van der Waals surface area contributed by atoms with Crippen LogP contribution in [0, 0.1) is 0 Å². The number of hydrogen-bond donors (Lipinski definition) is 0. The molecule has 0 fully saturated rings. The van der Waals surface area contributed by atoms with Crippen molar-refractivity contribution in [2.75, 3.05) is 13.2 Å². The zero-order valence-electron chi connectivity index (χ0n) is 16.3. The molecule has 0 aromatic carbocycles. The maximum Gasteiger partial charge on any atom is 0.351 e. The molecule has 0 saturated heterocycles. The van der Waals surface area contributed by atoms with Gasteiger partial charge in [-0.1, -0.05) is 101 Å². The summed E-state index contributed by atoms with van der Waals surface area (Å²) in [6.07, 6.45) is 13.1. The van der Waals surface area contributed by atoms with Crippen molar-refractivity contribution in [2.24, 2.45) is 0 Å². The molecule has 0 aromatic rings. The summed E-state index contributed by atoms with van der Waals surface area (Å²) in [6, 6.07) is 0. The van der Waals surface area contributed by atoms with Crippen LogP contribution in [0.2, 0.25) is 0 Å². The molecule has 0 amide bonds. The summed E-state index contributed by atoms with van der Waals surface area (Å²) in [5.74, 6) is -1.55. The Morgan fingerprint density at radius 2 is 0.885 bits per heavy atom. The van der Waals surface area contributed by atoms with Crippen LogP contribution in [0.15, 0.2) is 10.1 Å². The molecule has 0 radical (unpaired) electrons. The van der Waals surface area contributed by atoms with E-state index in [2.05, 4.69) is 13.8 Å². The van der Waals surface area contributed by atoms with Crippen LogP contribution < -0.4 is 0 Å². The van der Waals surface area contributed by atoms with Gasteiger partial charge in [0.05, 0.1) is 13.2 Å². The second-order valence-electron chi connectivity index (χ2n) is 6.44. The predicted octanol–water partition coefficient (Wildman–Crippen LogP) is 6.48. The molecule has 0 aliphatic rings. The molecule has 0 aliphatic heterocycles. The maximum absolute atomic E-state index is 11.8. The molecule has 0 atom stereocenters. The molecule has 0 aliphatic carbocycles. The minimum Gasteiger partial charge on any atom is -0.461 e. The van der Waals surface area contributed by atoms with Gasteiger partial charge in [0.25, 0.3) is 0 Å². The molecular formula is C20H34Cl2O4. The number of rotatable bonds is 16. The van der Waals surface area contributed by atoms with Crippen molar-refractivity contribution in [1.82, 2.24) is 0 Å². The predicted molar refractivity (Wildman–Crippen MR) is 107 cm³/mol. The molecule has 0 saturated carbocycles. The maximum atomic E-state index is 11.8. The second-order valence-corrected chi connectivity index (χ2v) is 7.19. The van der Waals surface area contributed by atoms with E-state index in [-0.39, 0.29) is 13.2 Å². The summed E-state index contributed by atoms with van der Waals surface area (Å²) >= 11 is 11.7. The van der Waals surface area contributed by atoms with Gasteiger partial charge in [0.2, 0.25) is 0 Å². The van der Waals surface area contributed by atoms with Crippen molar-refractivity contribution in [3.8, 4) is 0 Å². The fourth-order valence-electron chi connectivity index (χ4n) is 2.40. The third-order valence-electron chi connectivity index (χ3n) is 4.01. The Kier molecular flexibility index (Phi) is 17.2. The van der Waals surface area contributed by atoms with Crippen LogP contribution in [0.4, 0.5) is 0 Å². The van der Waals surface area contributed by atoms with Crippen LogP contribution in [0.5, 0.6) is 0 Å². The summed E-state index contributed by atoms with van der Waals surface area (Å²) < 4.78 is 10.1. The van der Waals surface area contributed by atoms with Gasteiger partial charge in [-0.05, 0) is 12.8 Å². The van der Waals surface area contributed by atoms with Crippen molar-refractivity contribution in [3.05, 3.63) is 10.1 Å². The van der Waals surface area contributed by atoms with E-state index in [0.29, 0.717) is 0 Å². The quantitative estimate of drug-likeness (QED) is 0.166. The first-order valence-corrected chi connectivity index (χ1v) is 10.7. The first kappa shape index (κ1) is 25.3. The Morgan fingerprint density at radius 1 is 0.577 bits per heavy atom. The summed E-state index contributed by atoms with van der Waals surface area (Å²) in [4.78, 5) is 23.6. The van der Waals surface area contributed by atoms with Gasteiger partial charge in [-0.3, -0.25) is 0 Å². The van der Waals surface area contributed by atoms with Gasteiger partial charge >= 0.3 is 11.9 Å². The third-order valence-corrected chi connectivity index (χ3v) is 4.80. The molecule has 0 unspecified atom stereocenters. The molecule has 0 heterocycles. The van der Waals surface area contributed by atoms with Gasteiger partial charge in [0.15, 0.2) is 10.1 Å². The summed E-state index contributed by atoms with van der Waals surface area (Å²) in [5, 5.41) is -0.823. The lowest BCUT2D eigenvalue weighted by molar-refractivity contribution is -0.141. The fraction of sp³-hybridized carbons (Fsp3) is 0.800. The van der Waals surface area contributed by atoms with Crippen molar-refractivity contribution in [1.29, 1.82) is 0 Å². The number of ether oxygens (including phenoxy) is 2. The van der Waals surface area contributed by atoms with Crippen molar-refractivity contribution >= 4 is 35.1 Å². The minimum absolute atomic E-state index is 0.276. The van der Waals surface area contributed by atoms with Crippen LogP contribution in [0.1, 0.15) is 90.9 Å². The van der Waals surface area contributed by atoms with E-state index in [1.165, 1.54) is 38.5 Å². The monoisotopic (exact) mass is 408 g/mol. The first-order valence-electron chi connectivity index (χ1n) is 9.94. The zero-order valence-corrected chi connectivity index (χ0v) is 17.8. The lowest BCUT2D eigenvalue weighted by atomic mass is 10.1. The van der Waals surface area contributed by atoms with E-state index in [9.17, 15) is 9.59 Å². The zero-order chi connectivity index (χ0) is 19.6. The van der Waals surface area contributed by atoms with Crippen molar-refractivity contribution < 1.29 is 19.1 Å². The number of carbonyl (C=O) groups is 2. The lowest BCUT2D eigenvalue weighted by Crippen LogP contribution is -2.12. The molecule has 4 nitrogen and oxygen atoms in total. The number of halogens is 2. The summed E-state index contributed by atoms with van der Waals surface area (Å²) in [7, 11) is 0. The van der Waals surface area contributed by atoms with Gasteiger partial charge in [0, 0.05) is 0 Å². The average Bonchev–Trinajstić information content (AvgIpc) is 2.64. The Hall–Kier alpha value is -0.740. The molecule has 0 spiro atoms. The van der Waals surface area contributed by atoms with Crippen molar-refractivity contribution in [3.63, 3.8) is 0 Å². The van der Waals surface area contributed by atoms with Gasteiger partial charge in [-0.2, -0.15) is 0 Å². The SMILES string of the molecule is CCCCCCCCOC(=O)/C(Cl)=C(/Cl)C(=O)OCCCCCCCC. The largest absolute Gasteiger partial charge is 0.461 e. The van der Waals surface area contributed by atoms with E-state index >= 15 is 0 Å². The number of esters is 2. The summed E-state index contributed by atoms with van der Waals surface area (Å²) in [5.41, 5.74) is 0. The molecule has 152 valence electrons. The topological polar surface area (TPSA) is 52.6 Å². The van der Waals surface area contributed by atoms with E-state index in [0.717, 1.165) is 38.5 Å². The van der Waals surface area contributed by atoms with Crippen LogP contribution in [0.3, 0.4) is 0 Å². The fourth-order valence-corrected chi connectivity index (χ4v) is 2.66. The van der Waals surface area contributed by atoms with E-state index < -0.39 is 22.0 Å². The van der Waals surface area contributed by atoms with Gasteiger partial charge in [0.1, 0.15) is 0 Å². The number of hydrogen-bond acceptors (Lipinski definition) is 4. The van der Waals surface area contributed by atoms with E-state index in [4.69, 9.17) is 32.7 Å². The van der Waals surface area contributed by atoms with Gasteiger partial charge in [-0.15, -0.1) is 0 Å². The number of carbonyl (C=O) groups excluding carboxylic acids is 2. The second kappa shape index (κ2) is 17.7. The highest BCUT2D eigenvalue weighted by Gasteiger charge is 2.20. The standard InChI is InChI=1S/C20H34Cl2O4/c1-3-5-7-9-11-13-15-25-19(23)17(21)18(22)20(24)26-16-14-12-10-8-6-4-2/h3-16H2,1-2H3/b18-17-. The number of unbranched alkanes of at least 4 members (excludes halogenated alkanes) is 10. The molecule has 0 N–H and O–H groups in total. The minimum atomic E-state index is -0.776. The molecule has 0 rings (SSSR count). The Labute approximate surface area is 168 Å².